The van der Waals surface area contributed by atoms with Crippen molar-refractivity contribution in [1.82, 2.24) is 10.4 Å². The third kappa shape index (κ3) is 2.04. The summed E-state index contributed by atoms with van der Waals surface area (Å²) < 4.78 is 0. The minimum Gasteiger partial charge on any atom is -0.324 e. The van der Waals surface area contributed by atoms with E-state index in [4.69, 9.17) is 4.84 Å². The molecule has 1 fully saturated rings. The van der Waals surface area contributed by atoms with E-state index in [2.05, 4.69) is 5.32 Å². The molecule has 1 saturated heterocycles. The second-order valence-corrected chi connectivity index (χ2v) is 3.56. The molecule has 2 rings (SSSR count). The van der Waals surface area contributed by atoms with Gasteiger partial charge in [-0.1, -0.05) is 30.3 Å². The van der Waals surface area contributed by atoms with Gasteiger partial charge in [-0.05, 0) is 12.5 Å². The monoisotopic (exact) mass is 220 g/mol. The number of urea groups is 1. The third-order valence-corrected chi connectivity index (χ3v) is 2.30. The van der Waals surface area contributed by atoms with Crippen molar-refractivity contribution in [3.8, 4) is 0 Å². The average Bonchev–Trinajstić information content (AvgIpc) is 2.53. The Morgan fingerprint density at radius 1 is 1.31 bits per heavy atom. The van der Waals surface area contributed by atoms with Gasteiger partial charge >= 0.3 is 6.03 Å². The van der Waals surface area contributed by atoms with E-state index in [9.17, 15) is 9.59 Å². The first-order valence-electron chi connectivity index (χ1n) is 5.00. The van der Waals surface area contributed by atoms with Gasteiger partial charge in [-0.25, -0.2) is 4.79 Å². The molecule has 84 valence electrons. The Morgan fingerprint density at radius 2 is 2.00 bits per heavy atom. The van der Waals surface area contributed by atoms with Gasteiger partial charge in [0.05, 0.1) is 0 Å². The van der Waals surface area contributed by atoms with Gasteiger partial charge in [-0.2, -0.15) is 0 Å². The Kier molecular flexibility index (Phi) is 2.87. The molecule has 1 aliphatic heterocycles. The molecule has 1 aromatic carbocycles. The normalized spacial score (nSPS) is 20.1. The molecule has 0 radical (unpaired) electrons. The smallest absolute Gasteiger partial charge is 0.324 e. The number of carbonyl (C=O) groups is 2. The number of imide groups is 1. The standard InChI is InChI=1S/C11H12N2O3/c1-8-10(14)13(11(15)12-8)16-7-9-5-3-2-4-6-9/h2-6,8H,7H2,1H3,(H,12,15). The number of nitrogens with one attached hydrogen (secondary N) is 1. The molecule has 0 aliphatic carbocycles. The van der Waals surface area contributed by atoms with Crippen LogP contribution in [0.25, 0.3) is 0 Å². The van der Waals surface area contributed by atoms with E-state index in [1.807, 2.05) is 30.3 Å². The Bertz CT molecular complexity index is 405. The molecule has 0 aromatic heterocycles. The van der Waals surface area contributed by atoms with Gasteiger partial charge in [0, 0.05) is 0 Å². The molecule has 0 saturated carbocycles. The number of nitrogens with zero attached hydrogens (tertiary/aromatic N) is 1. The largest absolute Gasteiger partial charge is 0.349 e. The molecule has 0 spiro atoms. The number of benzene rings is 1. The molecule has 1 aliphatic rings. The van der Waals surface area contributed by atoms with Crippen LogP contribution in [-0.2, 0) is 16.2 Å². The van der Waals surface area contributed by atoms with Crippen LogP contribution in [0.1, 0.15) is 12.5 Å². The predicted molar refractivity (Wildman–Crippen MR) is 56.1 cm³/mol. The molecule has 5 heteroatoms. The fourth-order valence-corrected chi connectivity index (χ4v) is 1.42. The van der Waals surface area contributed by atoms with Crippen molar-refractivity contribution in [2.75, 3.05) is 0 Å². The molecule has 1 atom stereocenters. The summed E-state index contributed by atoms with van der Waals surface area (Å²) in [5.41, 5.74) is 0.905. The number of hydrogen-bond acceptors (Lipinski definition) is 3. The zero-order valence-corrected chi connectivity index (χ0v) is 8.84. The lowest BCUT2D eigenvalue weighted by Gasteiger charge is -2.11. The maximum atomic E-state index is 11.5. The van der Waals surface area contributed by atoms with Gasteiger partial charge < -0.3 is 5.32 Å². The highest BCUT2D eigenvalue weighted by atomic mass is 16.7. The van der Waals surface area contributed by atoms with E-state index in [1.165, 1.54) is 0 Å². The number of carbonyl (C=O) groups excluding carboxylic acids is 2. The van der Waals surface area contributed by atoms with Crippen LogP contribution in [0.2, 0.25) is 0 Å². The van der Waals surface area contributed by atoms with Crippen LogP contribution in [0, 0.1) is 0 Å². The Labute approximate surface area is 93.0 Å². The zero-order chi connectivity index (χ0) is 11.5. The maximum absolute atomic E-state index is 11.5. The van der Waals surface area contributed by atoms with Crippen molar-refractivity contribution in [3.63, 3.8) is 0 Å². The molecule has 1 unspecified atom stereocenters. The average molecular weight is 220 g/mol. The predicted octanol–water partition coefficient (Wildman–Crippen LogP) is 1.06. The molecule has 0 bridgehead atoms. The van der Waals surface area contributed by atoms with Crippen LogP contribution in [0.15, 0.2) is 30.3 Å². The lowest BCUT2D eigenvalue weighted by molar-refractivity contribution is -0.166. The van der Waals surface area contributed by atoms with Crippen LogP contribution < -0.4 is 5.32 Å². The highest BCUT2D eigenvalue weighted by Crippen LogP contribution is 2.09. The van der Waals surface area contributed by atoms with Crippen LogP contribution in [0.3, 0.4) is 0 Å². The lowest BCUT2D eigenvalue weighted by Crippen LogP contribution is -2.31. The van der Waals surface area contributed by atoms with E-state index in [0.29, 0.717) is 0 Å². The van der Waals surface area contributed by atoms with Gasteiger partial charge in [-0.15, -0.1) is 5.06 Å². The van der Waals surface area contributed by atoms with Crippen LogP contribution in [0.4, 0.5) is 4.79 Å². The van der Waals surface area contributed by atoms with E-state index < -0.39 is 12.1 Å². The fraction of sp³-hybridized carbons (Fsp3) is 0.273. The van der Waals surface area contributed by atoms with E-state index >= 15 is 0 Å². The topological polar surface area (TPSA) is 58.6 Å². The number of hydroxylamine groups is 2. The first kappa shape index (κ1) is 10.6. The highest BCUT2D eigenvalue weighted by Gasteiger charge is 2.36. The summed E-state index contributed by atoms with van der Waals surface area (Å²) in [5, 5.41) is 3.24. The molecular weight excluding hydrogens is 208 g/mol. The van der Waals surface area contributed by atoms with Crippen LogP contribution in [-0.4, -0.2) is 23.0 Å². The summed E-state index contributed by atoms with van der Waals surface area (Å²) in [6.45, 7) is 1.82. The van der Waals surface area contributed by atoms with Crippen molar-refractivity contribution in [2.24, 2.45) is 0 Å². The molecule has 1 N–H and O–H groups in total. The van der Waals surface area contributed by atoms with Gasteiger partial charge in [0.25, 0.3) is 5.91 Å². The highest BCUT2D eigenvalue weighted by molar-refractivity contribution is 6.02. The van der Waals surface area contributed by atoms with Gasteiger partial charge in [0.2, 0.25) is 0 Å². The van der Waals surface area contributed by atoms with Crippen molar-refractivity contribution < 1.29 is 14.4 Å². The second kappa shape index (κ2) is 4.32. The molecular formula is C11H12N2O3. The van der Waals surface area contributed by atoms with Crippen LogP contribution >= 0.6 is 0 Å². The third-order valence-electron chi connectivity index (χ3n) is 2.30. The molecule has 1 aromatic rings. The summed E-state index contributed by atoms with van der Waals surface area (Å²) in [5.74, 6) is -0.360. The zero-order valence-electron chi connectivity index (χ0n) is 8.84. The first-order valence-corrected chi connectivity index (χ1v) is 5.00. The fourth-order valence-electron chi connectivity index (χ4n) is 1.42. The van der Waals surface area contributed by atoms with Crippen molar-refractivity contribution in [3.05, 3.63) is 35.9 Å². The van der Waals surface area contributed by atoms with E-state index in [1.54, 1.807) is 6.92 Å². The first-order chi connectivity index (χ1) is 7.68. The number of amides is 3. The van der Waals surface area contributed by atoms with Gasteiger partial charge in [0.15, 0.2) is 0 Å². The number of hydrogen-bond donors (Lipinski definition) is 1. The second-order valence-electron chi connectivity index (χ2n) is 3.56. The van der Waals surface area contributed by atoms with Crippen LogP contribution in [0.5, 0.6) is 0 Å². The van der Waals surface area contributed by atoms with Gasteiger partial charge in [0.1, 0.15) is 12.6 Å². The van der Waals surface area contributed by atoms with Crippen molar-refractivity contribution in [2.45, 2.75) is 19.6 Å². The Morgan fingerprint density at radius 3 is 2.56 bits per heavy atom. The molecule has 16 heavy (non-hydrogen) atoms. The summed E-state index contributed by atoms with van der Waals surface area (Å²) in [7, 11) is 0. The Hall–Kier alpha value is -1.88. The summed E-state index contributed by atoms with van der Waals surface area (Å²) in [6, 6.07) is 8.33. The van der Waals surface area contributed by atoms with E-state index in [-0.39, 0.29) is 12.5 Å². The lowest BCUT2D eigenvalue weighted by atomic mass is 10.2. The number of rotatable bonds is 3. The minimum absolute atomic E-state index is 0.201. The maximum Gasteiger partial charge on any atom is 0.349 e. The molecule has 5 nitrogen and oxygen atoms in total. The van der Waals surface area contributed by atoms with Crippen molar-refractivity contribution >= 4 is 11.9 Å². The minimum atomic E-state index is -0.511. The summed E-state index contributed by atoms with van der Waals surface area (Å²) >= 11 is 0. The quantitative estimate of drug-likeness (QED) is 0.775. The summed E-state index contributed by atoms with van der Waals surface area (Å²) in [4.78, 5) is 27.9. The summed E-state index contributed by atoms with van der Waals surface area (Å²) in [6.07, 6.45) is 0. The molecule has 1 heterocycles. The van der Waals surface area contributed by atoms with E-state index in [0.717, 1.165) is 10.6 Å². The van der Waals surface area contributed by atoms with Gasteiger partial charge in [-0.3, -0.25) is 9.63 Å². The SMILES string of the molecule is CC1NC(=O)N(OCc2ccccc2)C1=O. The Balaban J connectivity index is 1.96. The van der Waals surface area contributed by atoms with Crippen molar-refractivity contribution in [1.29, 1.82) is 0 Å². The molecule has 3 amide bonds.